The monoisotopic (exact) mass is 300 g/mol. The summed E-state index contributed by atoms with van der Waals surface area (Å²) >= 11 is 1.54. The van der Waals surface area contributed by atoms with Gasteiger partial charge >= 0.3 is 0 Å². The maximum absolute atomic E-state index is 12.0. The van der Waals surface area contributed by atoms with E-state index < -0.39 is 0 Å². The summed E-state index contributed by atoms with van der Waals surface area (Å²) in [6, 6.07) is 5.68. The van der Waals surface area contributed by atoms with Gasteiger partial charge in [-0.3, -0.25) is 9.78 Å². The Kier molecular flexibility index (Phi) is 5.50. The number of hydrogen-bond acceptors (Lipinski definition) is 4. The van der Waals surface area contributed by atoms with Crippen LogP contribution in [-0.4, -0.2) is 22.6 Å². The summed E-state index contributed by atoms with van der Waals surface area (Å²) in [6.07, 6.45) is 1.97. The van der Waals surface area contributed by atoms with Crippen molar-refractivity contribution >= 4 is 17.2 Å². The first-order chi connectivity index (χ1) is 10.2. The number of carbonyl (C=O) groups excluding carboxylic acids is 1. The van der Waals surface area contributed by atoms with E-state index in [1.807, 2.05) is 30.5 Å². The molecule has 4 nitrogen and oxygen atoms in total. The predicted molar refractivity (Wildman–Crippen MR) is 82.8 cm³/mol. The molecule has 5 heteroatoms. The zero-order valence-electron chi connectivity index (χ0n) is 11.7. The van der Waals surface area contributed by atoms with Crippen LogP contribution in [0.5, 0.6) is 0 Å². The minimum Gasteiger partial charge on any atom is -0.384 e. The smallest absolute Gasteiger partial charge is 0.226 e. The van der Waals surface area contributed by atoms with Crippen molar-refractivity contribution in [2.24, 2.45) is 0 Å². The topological polar surface area (TPSA) is 62.2 Å². The van der Waals surface area contributed by atoms with Gasteiger partial charge in [0.2, 0.25) is 5.91 Å². The van der Waals surface area contributed by atoms with E-state index >= 15 is 0 Å². The van der Waals surface area contributed by atoms with Crippen LogP contribution in [0.2, 0.25) is 0 Å². The van der Waals surface area contributed by atoms with Crippen molar-refractivity contribution in [3.05, 3.63) is 51.5 Å². The highest BCUT2D eigenvalue weighted by Gasteiger charge is 2.08. The van der Waals surface area contributed by atoms with Crippen molar-refractivity contribution < 1.29 is 9.90 Å². The highest BCUT2D eigenvalue weighted by atomic mass is 32.1. The number of aliphatic hydroxyl groups excluding tert-OH is 1. The molecule has 2 heterocycles. The zero-order chi connectivity index (χ0) is 15.1. The minimum atomic E-state index is -0.166. The van der Waals surface area contributed by atoms with Crippen LogP contribution in [0.3, 0.4) is 0 Å². The average Bonchev–Trinajstić information content (AvgIpc) is 2.93. The highest BCUT2D eigenvalue weighted by molar-refractivity contribution is 7.10. The number of carbonyl (C=O) groups is 1. The van der Waals surface area contributed by atoms with E-state index in [2.05, 4.69) is 22.1 Å². The summed E-state index contributed by atoms with van der Waals surface area (Å²) in [5.74, 6) is 5.42. The van der Waals surface area contributed by atoms with Crippen LogP contribution in [0.15, 0.2) is 29.8 Å². The van der Waals surface area contributed by atoms with Gasteiger partial charge in [0.15, 0.2) is 0 Å². The molecule has 0 aliphatic heterocycles. The summed E-state index contributed by atoms with van der Waals surface area (Å²) in [5, 5.41) is 13.5. The molecule has 2 rings (SSSR count). The summed E-state index contributed by atoms with van der Waals surface area (Å²) in [4.78, 5) is 17.2. The number of hydrogen-bond donors (Lipinski definition) is 2. The lowest BCUT2D eigenvalue weighted by atomic mass is 10.1. The van der Waals surface area contributed by atoms with Gasteiger partial charge in [-0.05, 0) is 30.0 Å². The molecule has 2 aromatic rings. The molecule has 21 heavy (non-hydrogen) atoms. The molecule has 0 aromatic carbocycles. The average molecular weight is 300 g/mol. The van der Waals surface area contributed by atoms with Gasteiger partial charge in [0.05, 0.1) is 18.7 Å². The Morgan fingerprint density at radius 1 is 1.48 bits per heavy atom. The second-order valence-corrected chi connectivity index (χ2v) is 5.44. The maximum atomic E-state index is 12.0. The van der Waals surface area contributed by atoms with Crippen LogP contribution in [0.25, 0.3) is 0 Å². The first kappa shape index (κ1) is 15.2. The van der Waals surface area contributed by atoms with E-state index in [0.29, 0.717) is 6.54 Å². The number of nitrogens with zero attached hydrogens (tertiary/aromatic N) is 1. The summed E-state index contributed by atoms with van der Waals surface area (Å²) in [7, 11) is 0. The quantitative estimate of drug-likeness (QED) is 0.844. The van der Waals surface area contributed by atoms with Gasteiger partial charge in [0.1, 0.15) is 6.61 Å². The van der Waals surface area contributed by atoms with E-state index in [-0.39, 0.29) is 18.9 Å². The van der Waals surface area contributed by atoms with Crippen molar-refractivity contribution in [2.75, 3.05) is 6.61 Å². The molecule has 0 unspecified atom stereocenters. The van der Waals surface area contributed by atoms with Crippen LogP contribution in [0.1, 0.15) is 21.7 Å². The van der Waals surface area contributed by atoms with Gasteiger partial charge in [0, 0.05) is 16.6 Å². The Morgan fingerprint density at radius 2 is 2.33 bits per heavy atom. The number of aliphatic hydroxyl groups is 1. The van der Waals surface area contributed by atoms with E-state index in [9.17, 15) is 4.79 Å². The van der Waals surface area contributed by atoms with Crippen molar-refractivity contribution in [1.29, 1.82) is 0 Å². The summed E-state index contributed by atoms with van der Waals surface area (Å²) < 4.78 is 0. The Labute approximate surface area is 127 Å². The summed E-state index contributed by atoms with van der Waals surface area (Å²) in [5.41, 5.74) is 2.66. The number of pyridine rings is 1. The van der Waals surface area contributed by atoms with Gasteiger partial charge in [0.25, 0.3) is 0 Å². The van der Waals surface area contributed by atoms with Gasteiger partial charge in [-0.25, -0.2) is 0 Å². The molecular weight excluding hydrogens is 284 g/mol. The fourth-order valence-corrected chi connectivity index (χ4v) is 2.59. The van der Waals surface area contributed by atoms with Gasteiger partial charge in [-0.15, -0.1) is 11.3 Å². The molecular formula is C16H16N2O2S. The number of aryl methyl sites for hydroxylation is 1. The molecule has 0 radical (unpaired) electrons. The molecule has 0 atom stereocenters. The molecule has 0 spiro atoms. The third kappa shape index (κ3) is 4.42. The van der Waals surface area contributed by atoms with Gasteiger partial charge in [-0.2, -0.15) is 0 Å². The predicted octanol–water partition coefficient (Wildman–Crippen LogP) is 1.65. The van der Waals surface area contributed by atoms with E-state index in [1.165, 1.54) is 11.3 Å². The lowest BCUT2D eigenvalue weighted by Gasteiger charge is -2.06. The third-order valence-electron chi connectivity index (χ3n) is 2.94. The Hall–Kier alpha value is -2.16. The first-order valence-corrected chi connectivity index (χ1v) is 7.42. The van der Waals surface area contributed by atoms with Crippen molar-refractivity contribution in [1.82, 2.24) is 10.3 Å². The van der Waals surface area contributed by atoms with Crippen molar-refractivity contribution in [2.45, 2.75) is 19.9 Å². The zero-order valence-corrected chi connectivity index (χ0v) is 12.5. The fraction of sp³-hybridized carbons (Fsp3) is 0.250. The Morgan fingerprint density at radius 3 is 3.10 bits per heavy atom. The molecule has 0 bridgehead atoms. The number of amides is 1. The van der Waals surface area contributed by atoms with Crippen LogP contribution in [0.4, 0.5) is 0 Å². The normalized spacial score (nSPS) is 9.81. The second-order valence-electron chi connectivity index (χ2n) is 4.44. The minimum absolute atomic E-state index is 0.0636. The Balaban J connectivity index is 1.93. The van der Waals surface area contributed by atoms with Crippen LogP contribution in [-0.2, 0) is 17.8 Å². The number of thiophene rings is 1. The molecule has 0 aliphatic carbocycles. The third-order valence-corrected chi connectivity index (χ3v) is 3.86. The molecule has 0 fully saturated rings. The van der Waals surface area contributed by atoms with Crippen LogP contribution < -0.4 is 5.32 Å². The Bertz CT molecular complexity index is 683. The van der Waals surface area contributed by atoms with E-state index in [4.69, 9.17) is 5.11 Å². The van der Waals surface area contributed by atoms with E-state index in [1.54, 1.807) is 6.20 Å². The lowest BCUT2D eigenvalue weighted by Crippen LogP contribution is -2.25. The maximum Gasteiger partial charge on any atom is 0.226 e. The largest absolute Gasteiger partial charge is 0.384 e. The van der Waals surface area contributed by atoms with Crippen molar-refractivity contribution in [3.63, 3.8) is 0 Å². The number of rotatable bonds is 4. The number of nitrogens with one attached hydrogen (secondary N) is 1. The standard InChI is InChI=1S/C16H16N2O2S/c1-12-4-2-7-17-14(12)10-16(20)18-11-15-13(5-3-8-19)6-9-21-15/h2,4,6-7,9,19H,8,10-11H2,1H3,(H,18,20). The SMILES string of the molecule is Cc1cccnc1CC(=O)NCc1sccc1C#CCO. The fourth-order valence-electron chi connectivity index (χ4n) is 1.82. The second kappa shape index (κ2) is 7.58. The van der Waals surface area contributed by atoms with Crippen molar-refractivity contribution in [3.8, 4) is 11.8 Å². The molecule has 0 saturated heterocycles. The lowest BCUT2D eigenvalue weighted by molar-refractivity contribution is -0.120. The molecule has 2 aromatic heterocycles. The molecule has 0 saturated carbocycles. The van der Waals surface area contributed by atoms with Crippen LogP contribution in [0, 0.1) is 18.8 Å². The molecule has 0 aliphatic rings. The molecule has 1 amide bonds. The van der Waals surface area contributed by atoms with Gasteiger partial charge in [-0.1, -0.05) is 17.9 Å². The number of aromatic nitrogens is 1. The molecule has 108 valence electrons. The summed E-state index contributed by atoms with van der Waals surface area (Å²) in [6.45, 7) is 2.22. The highest BCUT2D eigenvalue weighted by Crippen LogP contribution is 2.15. The van der Waals surface area contributed by atoms with Gasteiger partial charge < -0.3 is 10.4 Å². The van der Waals surface area contributed by atoms with Crippen LogP contribution >= 0.6 is 11.3 Å². The van der Waals surface area contributed by atoms with E-state index in [0.717, 1.165) is 21.7 Å². The first-order valence-electron chi connectivity index (χ1n) is 6.54. The molecule has 2 N–H and O–H groups in total.